The van der Waals surface area contributed by atoms with E-state index in [1.54, 1.807) is 22.3 Å². The van der Waals surface area contributed by atoms with E-state index < -0.39 is 0 Å². The second-order valence-corrected chi connectivity index (χ2v) is 7.53. The number of rotatable bonds is 5. The quantitative estimate of drug-likeness (QED) is 0.724. The van der Waals surface area contributed by atoms with Gasteiger partial charge in [-0.2, -0.15) is 5.10 Å². The highest BCUT2D eigenvalue weighted by Crippen LogP contribution is 2.27. The van der Waals surface area contributed by atoms with Gasteiger partial charge in [0.1, 0.15) is 18.5 Å². The molecule has 1 N–H and O–H groups in total. The van der Waals surface area contributed by atoms with Gasteiger partial charge in [0.05, 0.1) is 17.1 Å². The molecular weight excluding hydrogens is 364 g/mol. The fraction of sp³-hybridized carbons (Fsp3) is 0.389. The molecule has 0 unspecified atom stereocenters. The van der Waals surface area contributed by atoms with Crippen LogP contribution in [0, 0.1) is 0 Å². The maximum absolute atomic E-state index is 12.6. The highest BCUT2D eigenvalue weighted by atomic mass is 32.1. The molecule has 3 aromatic heterocycles. The van der Waals surface area contributed by atoms with Crippen LogP contribution < -0.4 is 5.56 Å². The number of carbonyl (C=O) groups excluding carboxylic acids is 1. The summed E-state index contributed by atoms with van der Waals surface area (Å²) in [5.74, 6) is 0.799. The van der Waals surface area contributed by atoms with Crippen molar-refractivity contribution >= 4 is 17.2 Å². The van der Waals surface area contributed by atoms with Gasteiger partial charge in [0.2, 0.25) is 5.91 Å². The Morgan fingerprint density at radius 1 is 1.41 bits per heavy atom. The standard InChI is InChI=1S/C18H20N6O2S/c25-16-9-14(15-4-2-8-27-15)21-18(22-16)13-3-1-6-23(10-13)17(26)5-7-24-12-19-11-20-24/h2,4,8-9,11-13H,1,3,5-7,10H2,(H,21,22,25)/t13-/m1/s1. The Morgan fingerprint density at radius 2 is 2.33 bits per heavy atom. The first kappa shape index (κ1) is 17.6. The van der Waals surface area contributed by atoms with Gasteiger partial charge in [-0.05, 0) is 24.3 Å². The van der Waals surface area contributed by atoms with E-state index >= 15 is 0 Å². The van der Waals surface area contributed by atoms with Crippen LogP contribution in [0.2, 0.25) is 0 Å². The summed E-state index contributed by atoms with van der Waals surface area (Å²) in [7, 11) is 0. The van der Waals surface area contributed by atoms with Crippen LogP contribution in [0.4, 0.5) is 0 Å². The minimum absolute atomic E-state index is 0.0432. The van der Waals surface area contributed by atoms with Gasteiger partial charge in [-0.25, -0.2) is 9.97 Å². The minimum Gasteiger partial charge on any atom is -0.342 e. The SMILES string of the molecule is O=C(CCn1cncn1)N1CCC[C@@H](c2nc(-c3cccs3)cc(=O)[nH]2)C1. The molecule has 1 fully saturated rings. The van der Waals surface area contributed by atoms with Gasteiger partial charge in [-0.1, -0.05) is 6.07 Å². The van der Waals surface area contributed by atoms with Gasteiger partial charge in [0.25, 0.3) is 5.56 Å². The third-order valence-corrected chi connectivity index (χ3v) is 5.61. The summed E-state index contributed by atoms with van der Waals surface area (Å²) in [4.78, 5) is 38.9. The van der Waals surface area contributed by atoms with Crippen LogP contribution in [0.1, 0.15) is 31.0 Å². The second-order valence-electron chi connectivity index (χ2n) is 6.58. The summed E-state index contributed by atoms with van der Waals surface area (Å²) in [6, 6.07) is 5.43. The largest absolute Gasteiger partial charge is 0.342 e. The summed E-state index contributed by atoms with van der Waals surface area (Å²) >= 11 is 1.56. The van der Waals surface area contributed by atoms with E-state index in [2.05, 4.69) is 20.1 Å². The van der Waals surface area contributed by atoms with Crippen molar-refractivity contribution in [3.63, 3.8) is 0 Å². The lowest BCUT2D eigenvalue weighted by atomic mass is 9.96. The molecule has 1 aliphatic heterocycles. The molecule has 27 heavy (non-hydrogen) atoms. The molecule has 0 aromatic carbocycles. The summed E-state index contributed by atoms with van der Waals surface area (Å²) < 4.78 is 1.66. The monoisotopic (exact) mass is 384 g/mol. The number of H-pyrrole nitrogens is 1. The number of aromatic nitrogens is 5. The lowest BCUT2D eigenvalue weighted by Crippen LogP contribution is -2.40. The van der Waals surface area contributed by atoms with Gasteiger partial charge in [-0.3, -0.25) is 14.3 Å². The number of carbonyl (C=O) groups is 1. The van der Waals surface area contributed by atoms with Crippen LogP contribution in [-0.4, -0.2) is 48.6 Å². The number of nitrogens with one attached hydrogen (secondary N) is 1. The van der Waals surface area contributed by atoms with Crippen LogP contribution in [0.25, 0.3) is 10.6 Å². The second kappa shape index (κ2) is 7.83. The Labute approximate surface area is 159 Å². The Balaban J connectivity index is 1.46. The third kappa shape index (κ3) is 4.13. The molecule has 0 aliphatic carbocycles. The Kier molecular flexibility index (Phi) is 5.10. The molecule has 4 rings (SSSR count). The van der Waals surface area contributed by atoms with Crippen molar-refractivity contribution in [1.82, 2.24) is 29.6 Å². The molecule has 4 heterocycles. The normalized spacial score (nSPS) is 17.2. The number of thiophene rings is 1. The zero-order chi connectivity index (χ0) is 18.6. The summed E-state index contributed by atoms with van der Waals surface area (Å²) in [5, 5.41) is 5.99. The Morgan fingerprint density at radius 3 is 3.11 bits per heavy atom. The molecule has 1 saturated heterocycles. The first-order chi connectivity index (χ1) is 13.2. The van der Waals surface area contributed by atoms with Gasteiger partial charge >= 0.3 is 0 Å². The number of nitrogens with zero attached hydrogens (tertiary/aromatic N) is 5. The lowest BCUT2D eigenvalue weighted by molar-refractivity contribution is -0.132. The molecule has 9 heteroatoms. The number of aromatic amines is 1. The molecule has 8 nitrogen and oxygen atoms in total. The molecule has 1 atom stereocenters. The van der Waals surface area contributed by atoms with E-state index in [1.165, 1.54) is 12.4 Å². The van der Waals surface area contributed by atoms with E-state index in [-0.39, 0.29) is 17.4 Å². The smallest absolute Gasteiger partial charge is 0.251 e. The molecule has 0 saturated carbocycles. The van der Waals surface area contributed by atoms with Gasteiger partial charge in [0, 0.05) is 31.5 Å². The van der Waals surface area contributed by atoms with Crippen LogP contribution >= 0.6 is 11.3 Å². The number of amides is 1. The van der Waals surface area contributed by atoms with Crippen LogP contribution in [0.15, 0.2) is 41.0 Å². The van der Waals surface area contributed by atoms with Crippen molar-refractivity contribution in [3.05, 3.63) is 52.4 Å². The maximum atomic E-state index is 12.6. The molecule has 1 aliphatic rings. The van der Waals surface area contributed by atoms with Crippen molar-refractivity contribution in [3.8, 4) is 10.6 Å². The van der Waals surface area contributed by atoms with E-state index in [4.69, 9.17) is 0 Å². The minimum atomic E-state index is -0.155. The summed E-state index contributed by atoms with van der Waals surface area (Å²) in [6.07, 6.45) is 5.26. The Hall–Kier alpha value is -2.81. The molecule has 0 spiro atoms. The predicted molar refractivity (Wildman–Crippen MR) is 101 cm³/mol. The molecular formula is C18H20N6O2S. The van der Waals surface area contributed by atoms with Crippen molar-refractivity contribution in [2.75, 3.05) is 13.1 Å². The first-order valence-electron chi connectivity index (χ1n) is 8.94. The number of likely N-dealkylation sites (tertiary alicyclic amines) is 1. The third-order valence-electron chi connectivity index (χ3n) is 4.72. The molecule has 3 aromatic rings. The highest BCUT2D eigenvalue weighted by Gasteiger charge is 2.26. The number of hydrogen-bond acceptors (Lipinski definition) is 6. The van der Waals surface area contributed by atoms with Crippen LogP contribution in [0.3, 0.4) is 0 Å². The summed E-state index contributed by atoms with van der Waals surface area (Å²) in [6.45, 7) is 1.83. The zero-order valence-electron chi connectivity index (χ0n) is 14.7. The van der Waals surface area contributed by atoms with Crippen molar-refractivity contribution in [2.45, 2.75) is 31.7 Å². The average Bonchev–Trinajstić information content (AvgIpc) is 3.39. The fourth-order valence-corrected chi connectivity index (χ4v) is 4.05. The fourth-order valence-electron chi connectivity index (χ4n) is 3.36. The topological polar surface area (TPSA) is 96.8 Å². The van der Waals surface area contributed by atoms with Gasteiger partial charge < -0.3 is 9.88 Å². The molecule has 140 valence electrons. The van der Waals surface area contributed by atoms with E-state index in [1.807, 2.05) is 22.4 Å². The highest BCUT2D eigenvalue weighted by molar-refractivity contribution is 7.13. The molecule has 0 bridgehead atoms. The van der Waals surface area contributed by atoms with Crippen LogP contribution in [0.5, 0.6) is 0 Å². The molecule has 1 amide bonds. The predicted octanol–water partition coefficient (Wildman–Crippen LogP) is 1.89. The van der Waals surface area contributed by atoms with Gasteiger partial charge in [0.15, 0.2) is 0 Å². The number of hydrogen-bond donors (Lipinski definition) is 1. The lowest BCUT2D eigenvalue weighted by Gasteiger charge is -2.32. The van der Waals surface area contributed by atoms with E-state index in [0.717, 1.165) is 24.3 Å². The number of piperidine rings is 1. The number of aryl methyl sites for hydroxylation is 1. The Bertz CT molecular complexity index is 951. The first-order valence-corrected chi connectivity index (χ1v) is 9.82. The zero-order valence-corrected chi connectivity index (χ0v) is 15.6. The van der Waals surface area contributed by atoms with Crippen molar-refractivity contribution in [1.29, 1.82) is 0 Å². The van der Waals surface area contributed by atoms with Gasteiger partial charge in [-0.15, -0.1) is 11.3 Å². The van der Waals surface area contributed by atoms with E-state index in [0.29, 0.717) is 31.0 Å². The maximum Gasteiger partial charge on any atom is 0.251 e. The summed E-state index contributed by atoms with van der Waals surface area (Å²) in [5.41, 5.74) is 0.538. The van der Waals surface area contributed by atoms with E-state index in [9.17, 15) is 9.59 Å². The van der Waals surface area contributed by atoms with Crippen LogP contribution in [-0.2, 0) is 11.3 Å². The van der Waals surface area contributed by atoms with Crippen molar-refractivity contribution < 1.29 is 4.79 Å². The molecule has 0 radical (unpaired) electrons. The average molecular weight is 384 g/mol. The van der Waals surface area contributed by atoms with Crippen molar-refractivity contribution in [2.24, 2.45) is 0 Å².